The van der Waals surface area contributed by atoms with Crippen molar-refractivity contribution in [3.63, 3.8) is 0 Å². The fourth-order valence-electron chi connectivity index (χ4n) is 0.933. The Morgan fingerprint density at radius 2 is 2.64 bits per heavy atom. The van der Waals surface area contributed by atoms with Gasteiger partial charge < -0.3 is 0 Å². The highest BCUT2D eigenvalue weighted by Gasteiger charge is 2.14. The number of hydrogen-bond acceptors (Lipinski definition) is 2. The van der Waals surface area contributed by atoms with E-state index in [1.807, 2.05) is 19.1 Å². The minimum Gasteiger partial charge on any atom is -0.273 e. The van der Waals surface area contributed by atoms with Gasteiger partial charge in [0.05, 0.1) is 6.42 Å². The molecule has 0 saturated heterocycles. The lowest BCUT2D eigenvalue weighted by Gasteiger charge is -2.08. The molecule has 1 aliphatic heterocycles. The van der Waals surface area contributed by atoms with Crippen LogP contribution in [0.15, 0.2) is 17.3 Å². The van der Waals surface area contributed by atoms with Crippen molar-refractivity contribution in [2.45, 2.75) is 19.8 Å². The van der Waals surface area contributed by atoms with E-state index in [4.69, 9.17) is 0 Å². The van der Waals surface area contributed by atoms with Gasteiger partial charge in [-0.2, -0.15) is 5.10 Å². The minimum atomic E-state index is 0.106. The van der Waals surface area contributed by atoms with Crippen LogP contribution in [-0.2, 0) is 4.79 Å². The van der Waals surface area contributed by atoms with Crippen molar-refractivity contribution in [1.82, 2.24) is 5.01 Å². The molecule has 0 aliphatic carbocycles. The molecule has 0 aromatic rings. The standard InChI is InChI=1S/C8H12N2O/c1-2-3-4-7-10-8(11)5-6-9-10/h2-3,6H,4-5,7H2,1H3. The van der Waals surface area contributed by atoms with Crippen LogP contribution >= 0.6 is 0 Å². The Labute approximate surface area is 66.4 Å². The van der Waals surface area contributed by atoms with E-state index >= 15 is 0 Å². The summed E-state index contributed by atoms with van der Waals surface area (Å²) in [5.41, 5.74) is 0. The summed E-state index contributed by atoms with van der Waals surface area (Å²) in [6.45, 7) is 2.68. The molecule has 1 heterocycles. The monoisotopic (exact) mass is 152 g/mol. The highest BCUT2D eigenvalue weighted by molar-refractivity contribution is 5.93. The van der Waals surface area contributed by atoms with Gasteiger partial charge in [-0.1, -0.05) is 12.2 Å². The maximum atomic E-state index is 10.9. The Morgan fingerprint density at radius 1 is 1.82 bits per heavy atom. The summed E-state index contributed by atoms with van der Waals surface area (Å²) in [5, 5.41) is 5.43. The topological polar surface area (TPSA) is 32.7 Å². The van der Waals surface area contributed by atoms with E-state index in [2.05, 4.69) is 5.10 Å². The van der Waals surface area contributed by atoms with Crippen LogP contribution in [0.1, 0.15) is 19.8 Å². The van der Waals surface area contributed by atoms with Crippen LogP contribution in [0.2, 0.25) is 0 Å². The molecule has 0 fully saturated rings. The Balaban J connectivity index is 2.26. The average molecular weight is 152 g/mol. The molecule has 1 aliphatic rings. The second-order valence-corrected chi connectivity index (χ2v) is 2.38. The third-order valence-electron chi connectivity index (χ3n) is 1.52. The lowest BCUT2D eigenvalue weighted by atomic mass is 10.3. The first-order valence-electron chi connectivity index (χ1n) is 3.78. The first-order chi connectivity index (χ1) is 5.34. The van der Waals surface area contributed by atoms with Crippen molar-refractivity contribution >= 4 is 12.1 Å². The number of rotatable bonds is 3. The number of nitrogens with zero attached hydrogens (tertiary/aromatic N) is 2. The molecule has 0 radical (unpaired) electrons. The molecule has 0 atom stereocenters. The summed E-state index contributed by atoms with van der Waals surface area (Å²) in [5.74, 6) is 0.106. The molecule has 0 spiro atoms. The van der Waals surface area contributed by atoms with E-state index in [-0.39, 0.29) is 5.91 Å². The third kappa shape index (κ3) is 2.18. The van der Waals surface area contributed by atoms with Crippen LogP contribution in [0.4, 0.5) is 0 Å². The maximum absolute atomic E-state index is 10.9. The van der Waals surface area contributed by atoms with Gasteiger partial charge in [-0.3, -0.25) is 4.79 Å². The highest BCUT2D eigenvalue weighted by Crippen LogP contribution is 2.02. The number of allylic oxidation sites excluding steroid dienone is 1. The average Bonchev–Trinajstić information content (AvgIpc) is 2.37. The molecule has 0 N–H and O–H groups in total. The fraction of sp³-hybridized carbons (Fsp3) is 0.500. The predicted octanol–water partition coefficient (Wildman–Crippen LogP) is 1.17. The molecule has 11 heavy (non-hydrogen) atoms. The van der Waals surface area contributed by atoms with Gasteiger partial charge in [-0.05, 0) is 13.3 Å². The summed E-state index contributed by atoms with van der Waals surface area (Å²) in [7, 11) is 0. The van der Waals surface area contributed by atoms with E-state index in [0.29, 0.717) is 13.0 Å². The van der Waals surface area contributed by atoms with Crippen molar-refractivity contribution in [2.24, 2.45) is 5.10 Å². The number of carbonyl (C=O) groups is 1. The van der Waals surface area contributed by atoms with Gasteiger partial charge in [0, 0.05) is 12.8 Å². The summed E-state index contributed by atoms with van der Waals surface area (Å²) in [6, 6.07) is 0. The van der Waals surface area contributed by atoms with Crippen LogP contribution in [-0.4, -0.2) is 23.7 Å². The van der Waals surface area contributed by atoms with Gasteiger partial charge in [-0.15, -0.1) is 0 Å². The Bertz CT molecular complexity index is 196. The minimum absolute atomic E-state index is 0.106. The summed E-state index contributed by atoms with van der Waals surface area (Å²) in [4.78, 5) is 10.9. The molecular weight excluding hydrogens is 140 g/mol. The molecule has 60 valence electrons. The van der Waals surface area contributed by atoms with Crippen LogP contribution in [0.5, 0.6) is 0 Å². The number of carbonyl (C=O) groups excluding carboxylic acids is 1. The van der Waals surface area contributed by atoms with E-state index in [1.165, 1.54) is 5.01 Å². The molecule has 0 aromatic heterocycles. The quantitative estimate of drug-likeness (QED) is 0.559. The second-order valence-electron chi connectivity index (χ2n) is 2.38. The van der Waals surface area contributed by atoms with Crippen molar-refractivity contribution in [2.75, 3.05) is 6.54 Å². The third-order valence-corrected chi connectivity index (χ3v) is 1.52. The molecule has 0 bridgehead atoms. The maximum Gasteiger partial charge on any atom is 0.248 e. The van der Waals surface area contributed by atoms with Crippen molar-refractivity contribution < 1.29 is 4.79 Å². The molecule has 3 nitrogen and oxygen atoms in total. The van der Waals surface area contributed by atoms with Crippen LogP contribution in [0.3, 0.4) is 0 Å². The van der Waals surface area contributed by atoms with Crippen LogP contribution in [0.25, 0.3) is 0 Å². The highest BCUT2D eigenvalue weighted by atomic mass is 16.2. The van der Waals surface area contributed by atoms with Crippen LogP contribution < -0.4 is 0 Å². The SMILES string of the molecule is CC=CCCN1N=CCC1=O. The van der Waals surface area contributed by atoms with Crippen LogP contribution in [0, 0.1) is 0 Å². The summed E-state index contributed by atoms with van der Waals surface area (Å²) >= 11 is 0. The molecular formula is C8H12N2O. The van der Waals surface area contributed by atoms with E-state index in [0.717, 1.165) is 6.42 Å². The molecule has 0 aromatic carbocycles. The normalized spacial score (nSPS) is 17.2. The van der Waals surface area contributed by atoms with Gasteiger partial charge in [0.15, 0.2) is 0 Å². The Hall–Kier alpha value is -1.12. The zero-order valence-corrected chi connectivity index (χ0v) is 6.66. The molecule has 1 amide bonds. The van der Waals surface area contributed by atoms with Gasteiger partial charge >= 0.3 is 0 Å². The van der Waals surface area contributed by atoms with Crippen molar-refractivity contribution in [1.29, 1.82) is 0 Å². The van der Waals surface area contributed by atoms with E-state index in [1.54, 1.807) is 6.21 Å². The fourth-order valence-corrected chi connectivity index (χ4v) is 0.933. The number of hydrazone groups is 1. The summed E-state index contributed by atoms with van der Waals surface area (Å²) < 4.78 is 0. The van der Waals surface area contributed by atoms with Crippen molar-refractivity contribution in [3.8, 4) is 0 Å². The van der Waals surface area contributed by atoms with E-state index < -0.39 is 0 Å². The largest absolute Gasteiger partial charge is 0.273 e. The molecule has 1 rings (SSSR count). The molecule has 0 saturated carbocycles. The predicted molar refractivity (Wildman–Crippen MR) is 44.3 cm³/mol. The van der Waals surface area contributed by atoms with Gasteiger partial charge in [-0.25, -0.2) is 5.01 Å². The smallest absolute Gasteiger partial charge is 0.248 e. The first kappa shape index (κ1) is 7.98. The van der Waals surface area contributed by atoms with Gasteiger partial charge in [0.2, 0.25) is 5.91 Å². The zero-order chi connectivity index (χ0) is 8.10. The number of amides is 1. The zero-order valence-electron chi connectivity index (χ0n) is 6.66. The molecule has 0 unspecified atom stereocenters. The van der Waals surface area contributed by atoms with Gasteiger partial charge in [0.25, 0.3) is 0 Å². The summed E-state index contributed by atoms with van der Waals surface area (Å²) in [6.07, 6.45) is 7.01. The second kappa shape index (κ2) is 3.91. The first-order valence-corrected chi connectivity index (χ1v) is 3.78. The Morgan fingerprint density at radius 3 is 3.18 bits per heavy atom. The lowest BCUT2D eigenvalue weighted by Crippen LogP contribution is -2.21. The Kier molecular flexibility index (Phi) is 2.83. The van der Waals surface area contributed by atoms with E-state index in [9.17, 15) is 4.79 Å². The van der Waals surface area contributed by atoms with Crippen molar-refractivity contribution in [3.05, 3.63) is 12.2 Å². The molecule has 3 heteroatoms. The number of hydrogen-bond donors (Lipinski definition) is 0. The van der Waals surface area contributed by atoms with Gasteiger partial charge in [0.1, 0.15) is 0 Å². The lowest BCUT2D eigenvalue weighted by molar-refractivity contribution is -0.128.